The number of para-hydroxylation sites is 10. The summed E-state index contributed by atoms with van der Waals surface area (Å²) in [5, 5.41) is 14.4. The van der Waals surface area contributed by atoms with E-state index >= 15 is 0 Å². The van der Waals surface area contributed by atoms with Gasteiger partial charge in [0, 0.05) is 129 Å². The summed E-state index contributed by atoms with van der Waals surface area (Å²) in [5.41, 5.74) is 29.6. The topological polar surface area (TPSA) is 107 Å². The number of aromatic nitrogens is 12. The summed E-state index contributed by atoms with van der Waals surface area (Å²) in [7, 11) is 0. The molecule has 130 heavy (non-hydrogen) atoms. The number of rotatable bonds is 11. The molecule has 0 aliphatic carbocycles. The number of benzene rings is 17. The lowest BCUT2D eigenvalue weighted by molar-refractivity contribution is 0.953. The summed E-state index contributed by atoms with van der Waals surface area (Å²) >= 11 is 0. The third kappa shape index (κ3) is 12.7. The zero-order valence-electron chi connectivity index (χ0n) is 70.2. The maximum absolute atomic E-state index is 5.11. The summed E-state index contributed by atoms with van der Waals surface area (Å²) < 4.78 is 13.9. The molecule has 10 heterocycles. The molecular weight excluding hydrogens is 1590 g/mol. The van der Waals surface area contributed by atoms with Crippen LogP contribution in [0.2, 0.25) is 0 Å². The molecule has 0 bridgehead atoms. The van der Waals surface area contributed by atoms with Crippen molar-refractivity contribution in [3.05, 3.63) is 461 Å². The van der Waals surface area contributed by atoms with Gasteiger partial charge in [-0.25, -0.2) is 4.98 Å². The first-order chi connectivity index (χ1) is 64.5. The molecule has 27 rings (SSSR count). The highest BCUT2D eigenvalue weighted by atomic mass is 15.2. The molecule has 0 amide bonds. The zero-order valence-corrected chi connectivity index (χ0v) is 70.2. The third-order valence-corrected chi connectivity index (χ3v) is 25.5. The lowest BCUT2D eigenvalue weighted by Crippen LogP contribution is -2.06. The maximum atomic E-state index is 5.11. The van der Waals surface area contributed by atoms with Crippen LogP contribution in [-0.4, -0.2) is 57.3 Å². The summed E-state index contributed by atoms with van der Waals surface area (Å²) in [6.07, 6.45) is 6.05. The van der Waals surface area contributed by atoms with Crippen molar-refractivity contribution in [3.8, 4) is 90.7 Å². The van der Waals surface area contributed by atoms with E-state index in [2.05, 4.69) is 410 Å². The van der Waals surface area contributed by atoms with Crippen LogP contribution in [0.4, 0.5) is 0 Å². The summed E-state index contributed by atoms with van der Waals surface area (Å²) in [5.74, 6) is 1.81. The molecule has 0 N–H and O–H groups in total. The highest BCUT2D eigenvalue weighted by Gasteiger charge is 2.24. The van der Waals surface area contributed by atoms with Crippen molar-refractivity contribution in [2.24, 2.45) is 0 Å². The Bertz CT molecular complexity index is 8890. The first kappa shape index (κ1) is 74.8. The number of fused-ring (bicyclic) bond motifs is 19. The van der Waals surface area contributed by atoms with Crippen LogP contribution in [0.5, 0.6) is 0 Å². The minimum absolute atomic E-state index is 0.564. The van der Waals surface area contributed by atoms with E-state index in [0.29, 0.717) is 17.6 Å². The van der Waals surface area contributed by atoms with Crippen LogP contribution in [0.15, 0.2) is 461 Å². The maximum Gasteiger partial charge on any atom is 0.238 e. The minimum atomic E-state index is 0.564. The van der Waals surface area contributed by atoms with Gasteiger partial charge in [0.05, 0.1) is 82.9 Å². The fourth-order valence-electron chi connectivity index (χ4n) is 19.6. The molecule has 12 nitrogen and oxygen atoms in total. The molecular formula is C118H76N12. The van der Waals surface area contributed by atoms with Gasteiger partial charge >= 0.3 is 0 Å². The van der Waals surface area contributed by atoms with Crippen molar-refractivity contribution in [2.45, 2.75) is 0 Å². The molecule has 17 aromatic carbocycles. The van der Waals surface area contributed by atoms with Gasteiger partial charge in [-0.3, -0.25) is 19.5 Å². The number of pyridine rings is 3. The third-order valence-electron chi connectivity index (χ3n) is 25.5. The van der Waals surface area contributed by atoms with E-state index in [1.807, 2.05) is 79.3 Å². The number of hydrogen-bond donors (Lipinski definition) is 0. The fourth-order valence-corrected chi connectivity index (χ4v) is 19.6. The average molecular weight is 1660 g/mol. The largest absolute Gasteiger partial charge is 0.309 e. The molecule has 0 saturated carbocycles. The summed E-state index contributed by atoms with van der Waals surface area (Å²) in [4.78, 5) is 30.2. The fraction of sp³-hybridized carbons (Fsp3) is 0. The predicted molar refractivity (Wildman–Crippen MR) is 537 cm³/mol. The Morgan fingerprint density at radius 3 is 0.900 bits per heavy atom. The van der Waals surface area contributed by atoms with Gasteiger partial charge in [-0.2, -0.15) is 9.97 Å². The first-order valence-corrected chi connectivity index (χ1v) is 43.9. The molecule has 608 valence electrons. The zero-order chi connectivity index (χ0) is 85.7. The highest BCUT2D eigenvalue weighted by molar-refractivity contribution is 6.16. The Morgan fingerprint density at radius 1 is 0.154 bits per heavy atom. The van der Waals surface area contributed by atoms with Crippen molar-refractivity contribution < 1.29 is 0 Å². The van der Waals surface area contributed by atoms with Gasteiger partial charge in [0.25, 0.3) is 0 Å². The molecule has 0 fully saturated rings. The van der Waals surface area contributed by atoms with Gasteiger partial charge in [0.2, 0.25) is 5.95 Å². The van der Waals surface area contributed by atoms with Crippen LogP contribution in [0, 0.1) is 0 Å². The van der Waals surface area contributed by atoms with Gasteiger partial charge in [0.15, 0.2) is 11.6 Å². The lowest BCUT2D eigenvalue weighted by atomic mass is 10.0. The van der Waals surface area contributed by atoms with Crippen molar-refractivity contribution in [1.29, 1.82) is 0 Å². The van der Waals surface area contributed by atoms with Gasteiger partial charge < -0.3 is 22.8 Å². The molecule has 0 aliphatic heterocycles. The molecule has 0 atom stereocenters. The van der Waals surface area contributed by atoms with Gasteiger partial charge in [-0.15, -0.1) is 0 Å². The Labute approximate surface area is 746 Å². The van der Waals surface area contributed by atoms with Crippen molar-refractivity contribution in [1.82, 2.24) is 57.3 Å². The second-order valence-electron chi connectivity index (χ2n) is 33.0. The quantitative estimate of drug-likeness (QED) is 0.128. The molecule has 0 saturated heterocycles. The van der Waals surface area contributed by atoms with E-state index in [1.54, 1.807) is 0 Å². The van der Waals surface area contributed by atoms with Gasteiger partial charge in [0.1, 0.15) is 0 Å². The van der Waals surface area contributed by atoms with Crippen LogP contribution < -0.4 is 0 Å². The Morgan fingerprint density at radius 2 is 0.462 bits per heavy atom. The summed E-state index contributed by atoms with van der Waals surface area (Å²) in [6.45, 7) is 0. The highest BCUT2D eigenvalue weighted by Crippen LogP contribution is 2.44. The molecule has 10 aromatic heterocycles. The van der Waals surface area contributed by atoms with Crippen molar-refractivity contribution in [2.75, 3.05) is 0 Å². The molecule has 0 radical (unpaired) electrons. The SMILES string of the molecule is c1ccc(-c2nc(-c3ccccc3)nc(-n3c4ccccc4c4ccc(-c5cc6c(cn5)c5ccccc5n6-c5ccccc5)cc43)n2)cc1.c1ccc(-n2c3ccccc3c3ccc(-c4cnc5c6ccccc6n(-c6ccccc6)c5c4)cc32)cc1.c1ccc(-n2c3ccccc3c3ncc(-c4ccc5c6ccccc6n(-c6ccc7ccccc7c6)c5c4)cc32)cc1. The van der Waals surface area contributed by atoms with Crippen LogP contribution in [0.1, 0.15) is 0 Å². The summed E-state index contributed by atoms with van der Waals surface area (Å²) in [6, 6.07) is 156. The van der Waals surface area contributed by atoms with Crippen molar-refractivity contribution in [3.63, 3.8) is 0 Å². The lowest BCUT2D eigenvalue weighted by Gasteiger charge is -2.11. The molecule has 12 heteroatoms. The van der Waals surface area contributed by atoms with E-state index in [9.17, 15) is 0 Å². The van der Waals surface area contributed by atoms with E-state index < -0.39 is 0 Å². The standard InChI is InChI=1S/C44H28N6.C39H25N3.C35H23N3/c1-4-14-29(15-5-1)42-46-43(30-16-6-2-7-17-30)48-44(47-42)50-39-23-13-10-20-33(39)35-25-24-31(26-40(35)50)37-27-41-36(28-45-37)34-21-11-12-22-38(34)49(41)32-18-8-3-9-19-32;1-2-12-30(13-3-1)41-36-17-9-7-15-34(36)39-38(41)24-29(25-40-39)28-19-21-33-32-14-6-8-16-35(32)42(37(33)23-28)31-20-18-26-10-4-5-11-27(26)22-31;1-3-11-26(12-4-1)37-31-17-9-7-15-28(31)29-20-19-24(21-33(29)37)25-22-34-35(36-23-25)30-16-8-10-18-32(30)38(34)27-13-5-2-6-14-27/h1-28H;1-25H;1-23H. The van der Waals surface area contributed by atoms with Crippen molar-refractivity contribution >= 4 is 142 Å². The second-order valence-corrected chi connectivity index (χ2v) is 33.0. The van der Waals surface area contributed by atoms with Crippen LogP contribution in [0.3, 0.4) is 0 Å². The Balaban J connectivity index is 0.000000106. The van der Waals surface area contributed by atoms with E-state index in [-0.39, 0.29) is 0 Å². The minimum Gasteiger partial charge on any atom is -0.309 e. The van der Waals surface area contributed by atoms with E-state index in [0.717, 1.165) is 155 Å². The van der Waals surface area contributed by atoms with Crippen LogP contribution in [-0.2, 0) is 0 Å². The molecule has 27 aromatic rings. The second kappa shape index (κ2) is 31.2. The number of nitrogens with zero attached hydrogens (tertiary/aromatic N) is 12. The molecule has 0 unspecified atom stereocenters. The normalized spacial score (nSPS) is 11.7. The smallest absolute Gasteiger partial charge is 0.238 e. The Hall–Kier alpha value is -17.7. The van der Waals surface area contributed by atoms with Crippen LogP contribution in [0.25, 0.3) is 233 Å². The predicted octanol–water partition coefficient (Wildman–Crippen LogP) is 29.5. The van der Waals surface area contributed by atoms with E-state index in [1.165, 1.54) is 59.8 Å². The monoisotopic (exact) mass is 1660 g/mol. The number of hydrogen-bond acceptors (Lipinski definition) is 6. The Kier molecular flexibility index (Phi) is 18.0. The first-order valence-electron chi connectivity index (χ1n) is 43.9. The van der Waals surface area contributed by atoms with Gasteiger partial charge in [-0.1, -0.05) is 309 Å². The molecule has 0 spiro atoms. The van der Waals surface area contributed by atoms with Crippen LogP contribution >= 0.6 is 0 Å². The average Bonchev–Trinajstić information content (AvgIpc) is 1.59. The van der Waals surface area contributed by atoms with E-state index in [4.69, 9.17) is 29.9 Å². The molecule has 0 aliphatic rings. The van der Waals surface area contributed by atoms with Gasteiger partial charge in [-0.05, 0) is 155 Å².